The third kappa shape index (κ3) is 5.08. The number of rotatable bonds is 8. The average molecular weight is 601 g/mol. The molecule has 2 unspecified atom stereocenters. The summed E-state index contributed by atoms with van der Waals surface area (Å²) in [6.07, 6.45) is 8.38. The molecule has 5 nitrogen and oxygen atoms in total. The second kappa shape index (κ2) is 11.6. The smallest absolute Gasteiger partial charge is 0.261 e. The molecule has 2 heterocycles. The molecule has 2 aliphatic rings. The van der Waals surface area contributed by atoms with Gasteiger partial charge in [0.05, 0.1) is 11.4 Å². The Hall–Kier alpha value is -3.74. The fourth-order valence-electron chi connectivity index (χ4n) is 8.01. The summed E-state index contributed by atoms with van der Waals surface area (Å²) in [6.45, 7) is 10.3. The van der Waals surface area contributed by atoms with E-state index in [4.69, 9.17) is 14.4 Å². The maximum Gasteiger partial charge on any atom is 0.261 e. The summed E-state index contributed by atoms with van der Waals surface area (Å²) < 4.78 is 9.80. The van der Waals surface area contributed by atoms with Crippen molar-refractivity contribution >= 4 is 35.5 Å². The third-order valence-electron chi connectivity index (χ3n) is 10.3. The minimum Gasteiger partial charge on any atom is -0.407 e. The number of fused-ring (bicyclic) bond motifs is 2. The lowest BCUT2D eigenvalue weighted by Gasteiger charge is -2.43. The molecular formula is C38H44N4OSi. The Kier molecular flexibility index (Phi) is 7.67. The van der Waals surface area contributed by atoms with Gasteiger partial charge < -0.3 is 14.3 Å². The number of hydrogen-bond donors (Lipinski definition) is 1. The van der Waals surface area contributed by atoms with Crippen LogP contribution < -0.4 is 15.7 Å². The summed E-state index contributed by atoms with van der Waals surface area (Å²) >= 11 is 0. The van der Waals surface area contributed by atoms with Crippen molar-refractivity contribution < 1.29 is 4.43 Å². The first-order valence-electron chi connectivity index (χ1n) is 16.3. The van der Waals surface area contributed by atoms with Crippen molar-refractivity contribution in [1.29, 1.82) is 0 Å². The Bertz CT molecular complexity index is 1690. The lowest BCUT2D eigenvalue weighted by Crippen LogP contribution is -2.67. The van der Waals surface area contributed by atoms with Crippen LogP contribution in [0.15, 0.2) is 104 Å². The fraction of sp³-hybridized carbons (Fsp3) is 0.368. The molecule has 0 saturated heterocycles. The minimum atomic E-state index is -2.56. The first kappa shape index (κ1) is 29.0. The van der Waals surface area contributed by atoms with E-state index < -0.39 is 8.32 Å². The van der Waals surface area contributed by atoms with Gasteiger partial charge in [0.1, 0.15) is 17.8 Å². The van der Waals surface area contributed by atoms with Crippen molar-refractivity contribution in [2.24, 2.45) is 11.8 Å². The highest BCUT2D eigenvalue weighted by Gasteiger charge is 2.51. The van der Waals surface area contributed by atoms with E-state index in [2.05, 4.69) is 135 Å². The van der Waals surface area contributed by atoms with Crippen molar-refractivity contribution in [2.45, 2.75) is 70.5 Å². The molecule has 0 bridgehead atoms. The Morgan fingerprint density at radius 1 is 0.864 bits per heavy atom. The van der Waals surface area contributed by atoms with Crippen LogP contribution in [0.4, 0.5) is 5.82 Å². The molecular weight excluding hydrogens is 557 g/mol. The number of aromatic nitrogens is 3. The molecule has 7 rings (SSSR count). The van der Waals surface area contributed by atoms with Crippen LogP contribution in [0.25, 0.3) is 11.0 Å². The first-order valence-corrected chi connectivity index (χ1v) is 18.2. The van der Waals surface area contributed by atoms with Gasteiger partial charge in [-0.15, -0.1) is 0 Å². The molecule has 2 aliphatic carbocycles. The van der Waals surface area contributed by atoms with Gasteiger partial charge in [-0.25, -0.2) is 9.97 Å². The molecule has 0 amide bonds. The summed E-state index contributed by atoms with van der Waals surface area (Å²) in [4.78, 5) is 9.50. The highest BCUT2D eigenvalue weighted by molar-refractivity contribution is 6.99. The quantitative estimate of drug-likeness (QED) is 0.186. The summed E-state index contributed by atoms with van der Waals surface area (Å²) in [5.74, 6) is 1.98. The topological polar surface area (TPSA) is 52.0 Å². The Balaban J connectivity index is 1.13. The minimum absolute atomic E-state index is 0.0201. The highest BCUT2D eigenvalue weighted by Crippen LogP contribution is 2.44. The molecule has 1 N–H and O–H groups in total. The van der Waals surface area contributed by atoms with Gasteiger partial charge >= 0.3 is 0 Å². The first-order chi connectivity index (χ1) is 21.3. The van der Waals surface area contributed by atoms with Crippen LogP contribution in [0, 0.1) is 11.8 Å². The Labute approximate surface area is 262 Å². The normalized spacial score (nSPS) is 21.9. The largest absolute Gasteiger partial charge is 0.407 e. The van der Waals surface area contributed by atoms with Crippen LogP contribution >= 0.6 is 0 Å². The standard InChI is InChI=1S/C38H44N4OSi/c1-27-23-30(42-22-21-34-36(39-26-40-37(34)42)41-35-20-19-28-13-11-12-18-33(28)35)24-29(27)25-43-44(38(2,3)4,31-14-7-5-8-15-31)32-16-9-6-10-17-32/h5-18,21-22,26-27,29-30,35H,19-20,23-25H2,1-4H3,(H,39,40,41)/t27?,29-,30-,35?/m0/s1. The van der Waals surface area contributed by atoms with Crippen LogP contribution in [0.3, 0.4) is 0 Å². The second-order valence-corrected chi connectivity index (χ2v) is 18.3. The van der Waals surface area contributed by atoms with E-state index in [9.17, 15) is 0 Å². The van der Waals surface area contributed by atoms with Crippen LogP contribution in [-0.4, -0.2) is 29.5 Å². The average Bonchev–Trinajstić information content (AvgIpc) is 3.75. The zero-order chi connectivity index (χ0) is 30.3. The summed E-state index contributed by atoms with van der Waals surface area (Å²) in [6, 6.07) is 33.7. The molecule has 1 saturated carbocycles. The van der Waals surface area contributed by atoms with E-state index in [0.29, 0.717) is 23.9 Å². The molecule has 2 aromatic heterocycles. The molecule has 0 spiro atoms. The molecule has 44 heavy (non-hydrogen) atoms. The zero-order valence-electron chi connectivity index (χ0n) is 26.4. The van der Waals surface area contributed by atoms with E-state index >= 15 is 0 Å². The van der Waals surface area contributed by atoms with E-state index in [1.54, 1.807) is 6.33 Å². The van der Waals surface area contributed by atoms with Crippen LogP contribution in [0.5, 0.6) is 0 Å². The van der Waals surface area contributed by atoms with E-state index in [-0.39, 0.29) is 5.04 Å². The molecule has 4 atom stereocenters. The number of nitrogens with one attached hydrogen (secondary N) is 1. The number of anilines is 1. The van der Waals surface area contributed by atoms with Crippen molar-refractivity contribution in [2.75, 3.05) is 11.9 Å². The molecule has 3 aromatic carbocycles. The SMILES string of the molecule is CC1C[C@H](n2ccc3c(NC4CCc5ccccc54)ncnc32)C[C@H]1CO[Si](c1ccccc1)(c1ccccc1)C(C)(C)C. The molecule has 1 fully saturated rings. The van der Waals surface area contributed by atoms with Gasteiger partial charge in [-0.3, -0.25) is 0 Å². The number of nitrogens with zero attached hydrogens (tertiary/aromatic N) is 3. The predicted octanol–water partition coefficient (Wildman–Crippen LogP) is 7.69. The summed E-state index contributed by atoms with van der Waals surface area (Å²) in [7, 11) is -2.56. The summed E-state index contributed by atoms with van der Waals surface area (Å²) in [5.41, 5.74) is 3.87. The van der Waals surface area contributed by atoms with Gasteiger partial charge in [-0.2, -0.15) is 0 Å². The van der Waals surface area contributed by atoms with Gasteiger partial charge in [-0.05, 0) is 70.1 Å². The van der Waals surface area contributed by atoms with Gasteiger partial charge in [0.15, 0.2) is 0 Å². The Morgan fingerprint density at radius 2 is 1.55 bits per heavy atom. The van der Waals surface area contributed by atoms with Crippen LogP contribution in [0.2, 0.25) is 5.04 Å². The monoisotopic (exact) mass is 600 g/mol. The van der Waals surface area contributed by atoms with E-state index in [1.165, 1.54) is 21.5 Å². The molecule has 5 aromatic rings. The van der Waals surface area contributed by atoms with Crippen LogP contribution in [-0.2, 0) is 10.8 Å². The van der Waals surface area contributed by atoms with Crippen molar-refractivity contribution in [3.8, 4) is 0 Å². The van der Waals surface area contributed by atoms with Crippen LogP contribution in [0.1, 0.15) is 70.2 Å². The molecule has 226 valence electrons. The fourth-order valence-corrected chi connectivity index (χ4v) is 12.6. The van der Waals surface area contributed by atoms with Gasteiger partial charge in [-0.1, -0.05) is 113 Å². The van der Waals surface area contributed by atoms with E-state index in [0.717, 1.165) is 49.1 Å². The lowest BCUT2D eigenvalue weighted by molar-refractivity contribution is 0.208. The number of benzene rings is 3. The van der Waals surface area contributed by atoms with E-state index in [1.807, 2.05) is 0 Å². The maximum atomic E-state index is 7.39. The number of hydrogen-bond acceptors (Lipinski definition) is 4. The van der Waals surface area contributed by atoms with Gasteiger partial charge in [0.25, 0.3) is 8.32 Å². The molecule has 0 aliphatic heterocycles. The molecule has 0 radical (unpaired) electrons. The predicted molar refractivity (Wildman–Crippen MR) is 183 cm³/mol. The zero-order valence-corrected chi connectivity index (χ0v) is 27.4. The lowest BCUT2D eigenvalue weighted by atomic mass is 10.00. The highest BCUT2D eigenvalue weighted by atomic mass is 28.4. The van der Waals surface area contributed by atoms with Crippen molar-refractivity contribution in [3.05, 3.63) is 115 Å². The van der Waals surface area contributed by atoms with Gasteiger partial charge in [0, 0.05) is 18.8 Å². The third-order valence-corrected chi connectivity index (χ3v) is 15.3. The number of aryl methyl sites for hydroxylation is 1. The van der Waals surface area contributed by atoms with Crippen molar-refractivity contribution in [3.63, 3.8) is 0 Å². The van der Waals surface area contributed by atoms with Crippen molar-refractivity contribution in [1.82, 2.24) is 14.5 Å². The molecule has 6 heteroatoms. The Morgan fingerprint density at radius 3 is 2.25 bits per heavy atom. The van der Waals surface area contributed by atoms with Gasteiger partial charge in [0.2, 0.25) is 0 Å². The maximum absolute atomic E-state index is 7.39. The summed E-state index contributed by atoms with van der Waals surface area (Å²) in [5, 5.41) is 7.54. The second-order valence-electron chi connectivity index (χ2n) is 14.0.